The summed E-state index contributed by atoms with van der Waals surface area (Å²) in [6.07, 6.45) is 10.9. The van der Waals surface area contributed by atoms with Gasteiger partial charge < -0.3 is 9.47 Å². The van der Waals surface area contributed by atoms with Crippen molar-refractivity contribution in [3.63, 3.8) is 0 Å². The topological polar surface area (TPSA) is 35.5 Å². The fraction of sp³-hybridized carbons (Fsp3) is 0.571. The highest BCUT2D eigenvalue weighted by Crippen LogP contribution is 2.32. The molecule has 0 aromatic heterocycles. The Balaban J connectivity index is 1.99. The summed E-state index contributed by atoms with van der Waals surface area (Å²) in [5.74, 6) is 0.673. The number of ether oxygens (including phenoxy) is 2. The third-order valence-electron chi connectivity index (χ3n) is 4.92. The van der Waals surface area contributed by atoms with E-state index in [-0.39, 0.29) is 18.0 Å². The van der Waals surface area contributed by atoms with E-state index in [0.717, 1.165) is 4.47 Å². The second-order valence-corrected chi connectivity index (χ2v) is 7.79. The number of esters is 1. The van der Waals surface area contributed by atoms with Crippen molar-refractivity contribution in [2.24, 2.45) is 11.8 Å². The van der Waals surface area contributed by atoms with E-state index in [1.807, 2.05) is 18.2 Å². The third-order valence-corrected chi connectivity index (χ3v) is 5.41. The summed E-state index contributed by atoms with van der Waals surface area (Å²) in [6, 6.07) is 8.27. The maximum Gasteiger partial charge on any atom is 0.309 e. The zero-order chi connectivity index (χ0) is 18.1. The Labute approximate surface area is 159 Å². The van der Waals surface area contributed by atoms with Gasteiger partial charge >= 0.3 is 5.97 Å². The van der Waals surface area contributed by atoms with Crippen molar-refractivity contribution in [1.29, 1.82) is 0 Å². The maximum atomic E-state index is 11.3. The van der Waals surface area contributed by atoms with Gasteiger partial charge in [0.25, 0.3) is 0 Å². The van der Waals surface area contributed by atoms with Gasteiger partial charge in [0.05, 0.1) is 26.2 Å². The van der Waals surface area contributed by atoms with Crippen molar-refractivity contribution in [2.45, 2.75) is 58.2 Å². The van der Waals surface area contributed by atoms with Crippen LogP contribution in [0.25, 0.3) is 0 Å². The molecule has 0 saturated heterocycles. The smallest absolute Gasteiger partial charge is 0.309 e. The Hall–Kier alpha value is -1.13. The van der Waals surface area contributed by atoms with Crippen LogP contribution in [0.1, 0.15) is 51.0 Å². The van der Waals surface area contributed by atoms with E-state index in [1.54, 1.807) is 0 Å². The van der Waals surface area contributed by atoms with Crippen molar-refractivity contribution in [3.8, 4) is 0 Å². The van der Waals surface area contributed by atoms with E-state index >= 15 is 0 Å². The molecule has 1 aliphatic carbocycles. The van der Waals surface area contributed by atoms with Gasteiger partial charge in [0.1, 0.15) is 0 Å². The average molecular weight is 409 g/mol. The first-order valence-electron chi connectivity index (χ1n) is 9.19. The van der Waals surface area contributed by atoms with Gasteiger partial charge in [-0.25, -0.2) is 0 Å². The summed E-state index contributed by atoms with van der Waals surface area (Å²) in [5, 5.41) is 0. The Bertz CT molecular complexity index is 564. The van der Waals surface area contributed by atoms with Gasteiger partial charge in [-0.1, -0.05) is 66.4 Å². The molecule has 1 aromatic carbocycles. The van der Waals surface area contributed by atoms with Gasteiger partial charge in [-0.15, -0.1) is 0 Å². The highest BCUT2D eigenvalue weighted by Gasteiger charge is 2.28. The summed E-state index contributed by atoms with van der Waals surface area (Å²) in [5.41, 5.74) is 1.18. The van der Waals surface area contributed by atoms with Crippen LogP contribution in [0, 0.1) is 11.8 Å². The fourth-order valence-corrected chi connectivity index (χ4v) is 4.02. The molecule has 4 heteroatoms. The summed E-state index contributed by atoms with van der Waals surface area (Å²) in [6.45, 7) is 2.81. The molecule has 1 aromatic rings. The van der Waals surface area contributed by atoms with Crippen LogP contribution in [-0.4, -0.2) is 19.2 Å². The molecular weight excluding hydrogens is 380 g/mol. The van der Waals surface area contributed by atoms with Gasteiger partial charge in [0.2, 0.25) is 0 Å². The minimum absolute atomic E-state index is 0.188. The molecule has 25 heavy (non-hydrogen) atoms. The van der Waals surface area contributed by atoms with Gasteiger partial charge in [-0.05, 0) is 36.5 Å². The quantitative estimate of drug-likeness (QED) is 0.410. The molecule has 1 saturated carbocycles. The molecule has 1 fully saturated rings. The van der Waals surface area contributed by atoms with Crippen molar-refractivity contribution in [1.82, 2.24) is 0 Å². The zero-order valence-corrected chi connectivity index (χ0v) is 16.8. The first kappa shape index (κ1) is 20.2. The van der Waals surface area contributed by atoms with Crippen molar-refractivity contribution in [3.05, 3.63) is 46.5 Å². The lowest BCUT2D eigenvalue weighted by molar-refractivity contribution is -0.139. The Kier molecular flexibility index (Phi) is 8.70. The molecule has 2 rings (SSSR count). The lowest BCUT2D eigenvalue weighted by Crippen LogP contribution is -2.31. The SMILES string of the molecule is COC(=O)C/C=C/[C@@H](C)[C@H](OCc1cccc(Br)c1)C1CCCCC1. The van der Waals surface area contributed by atoms with Crippen LogP contribution >= 0.6 is 15.9 Å². The number of hydrogen-bond donors (Lipinski definition) is 0. The fourth-order valence-electron chi connectivity index (χ4n) is 3.57. The number of carbonyl (C=O) groups is 1. The molecule has 0 aliphatic heterocycles. The van der Waals surface area contributed by atoms with Crippen LogP contribution in [0.4, 0.5) is 0 Å². The number of rotatable bonds is 8. The van der Waals surface area contributed by atoms with Crippen LogP contribution in [-0.2, 0) is 20.9 Å². The minimum Gasteiger partial charge on any atom is -0.469 e. The first-order valence-corrected chi connectivity index (χ1v) is 9.99. The summed E-state index contributed by atoms with van der Waals surface area (Å²) in [4.78, 5) is 11.3. The van der Waals surface area contributed by atoms with Gasteiger partial charge in [0.15, 0.2) is 0 Å². The van der Waals surface area contributed by atoms with Gasteiger partial charge in [-0.2, -0.15) is 0 Å². The molecule has 0 radical (unpaired) electrons. The molecule has 3 nitrogen and oxygen atoms in total. The lowest BCUT2D eigenvalue weighted by Gasteiger charge is -2.33. The maximum absolute atomic E-state index is 11.3. The average Bonchev–Trinajstić information content (AvgIpc) is 2.62. The molecule has 0 N–H and O–H groups in total. The largest absolute Gasteiger partial charge is 0.469 e. The van der Waals surface area contributed by atoms with E-state index < -0.39 is 0 Å². The van der Waals surface area contributed by atoms with Crippen molar-refractivity contribution in [2.75, 3.05) is 7.11 Å². The predicted octanol–water partition coefficient (Wildman–Crippen LogP) is 5.67. The van der Waals surface area contributed by atoms with Crippen molar-refractivity contribution < 1.29 is 14.3 Å². The van der Waals surface area contributed by atoms with E-state index in [0.29, 0.717) is 18.9 Å². The standard InChI is InChI=1S/C21H29BrO3/c1-16(8-6-13-20(23)24-2)21(18-10-4-3-5-11-18)25-15-17-9-7-12-19(22)14-17/h6-9,12,14,16,18,21H,3-5,10-11,13,15H2,1-2H3/b8-6+/t16-,21+/m1/s1. The first-order chi connectivity index (χ1) is 12.1. The minimum atomic E-state index is -0.201. The summed E-state index contributed by atoms with van der Waals surface area (Å²) < 4.78 is 12.2. The summed E-state index contributed by atoms with van der Waals surface area (Å²) >= 11 is 3.52. The van der Waals surface area contributed by atoms with E-state index in [2.05, 4.69) is 41.1 Å². The van der Waals surface area contributed by atoms with Crippen LogP contribution in [0.3, 0.4) is 0 Å². The van der Waals surface area contributed by atoms with Crippen molar-refractivity contribution >= 4 is 21.9 Å². The van der Waals surface area contributed by atoms with Crippen LogP contribution < -0.4 is 0 Å². The number of halogens is 1. The number of hydrogen-bond acceptors (Lipinski definition) is 3. The Morgan fingerprint density at radius 3 is 2.76 bits per heavy atom. The molecule has 0 heterocycles. The van der Waals surface area contributed by atoms with E-state index in [1.165, 1.54) is 44.8 Å². The van der Waals surface area contributed by atoms with Crippen LogP contribution in [0.2, 0.25) is 0 Å². The van der Waals surface area contributed by atoms with E-state index in [9.17, 15) is 4.79 Å². The second-order valence-electron chi connectivity index (χ2n) is 6.87. The molecule has 0 bridgehead atoms. The highest BCUT2D eigenvalue weighted by molar-refractivity contribution is 9.10. The third kappa shape index (κ3) is 6.95. The monoisotopic (exact) mass is 408 g/mol. The molecule has 138 valence electrons. The highest BCUT2D eigenvalue weighted by atomic mass is 79.9. The molecule has 0 spiro atoms. The summed E-state index contributed by atoms with van der Waals surface area (Å²) in [7, 11) is 1.42. The van der Waals surface area contributed by atoms with Crippen LogP contribution in [0.5, 0.6) is 0 Å². The van der Waals surface area contributed by atoms with Crippen LogP contribution in [0.15, 0.2) is 40.9 Å². The number of benzene rings is 1. The molecule has 1 aliphatic rings. The molecule has 2 atom stereocenters. The normalized spacial score (nSPS) is 18.2. The number of methoxy groups -OCH3 is 1. The van der Waals surface area contributed by atoms with Gasteiger partial charge in [0, 0.05) is 10.4 Å². The molecule has 0 amide bonds. The predicted molar refractivity (Wildman–Crippen MR) is 104 cm³/mol. The molecular formula is C21H29BrO3. The zero-order valence-electron chi connectivity index (χ0n) is 15.2. The van der Waals surface area contributed by atoms with E-state index in [4.69, 9.17) is 9.47 Å². The lowest BCUT2D eigenvalue weighted by atomic mass is 9.80. The Morgan fingerprint density at radius 2 is 2.08 bits per heavy atom. The molecule has 0 unspecified atom stereocenters. The Morgan fingerprint density at radius 1 is 1.32 bits per heavy atom. The second kappa shape index (κ2) is 10.8. The van der Waals surface area contributed by atoms with Gasteiger partial charge in [-0.3, -0.25) is 4.79 Å². The number of carbonyl (C=O) groups excluding carboxylic acids is 1.